The van der Waals surface area contributed by atoms with Crippen molar-refractivity contribution in [2.24, 2.45) is 0 Å². The van der Waals surface area contributed by atoms with Gasteiger partial charge in [0.05, 0.1) is 0 Å². The average Bonchev–Trinajstić information content (AvgIpc) is 2.17. The lowest BCUT2D eigenvalue weighted by Crippen LogP contribution is -2.21. The molecule has 0 amide bonds. The minimum absolute atomic E-state index is 0.340. The number of rotatable bonds is 5. The second-order valence-corrected chi connectivity index (χ2v) is 5.49. The molecule has 0 radical (unpaired) electrons. The van der Waals surface area contributed by atoms with Crippen LogP contribution in [0.3, 0.4) is 0 Å². The zero-order chi connectivity index (χ0) is 11.3. The maximum Gasteiger partial charge on any atom is 0.316 e. The number of hydrogen-bond donors (Lipinski definition) is 1. The lowest BCUT2D eigenvalue weighted by Gasteiger charge is -2.14. The van der Waals surface area contributed by atoms with E-state index < -0.39 is 5.97 Å². The van der Waals surface area contributed by atoms with Crippen LogP contribution in [0, 0.1) is 0 Å². The number of carboxylic acids is 1. The highest BCUT2D eigenvalue weighted by atomic mass is 32.2. The van der Waals surface area contributed by atoms with Crippen LogP contribution in [-0.4, -0.2) is 21.6 Å². The molecule has 0 saturated heterocycles. The third-order valence-electron chi connectivity index (χ3n) is 1.98. The molecule has 0 bridgehead atoms. The molecule has 1 N–H and O–H groups in total. The van der Waals surface area contributed by atoms with Crippen molar-refractivity contribution in [1.29, 1.82) is 0 Å². The van der Waals surface area contributed by atoms with E-state index in [1.165, 1.54) is 11.8 Å². The normalized spacial score (nSPS) is 12.7. The molecule has 2 nitrogen and oxygen atoms in total. The maximum absolute atomic E-state index is 11.0. The van der Waals surface area contributed by atoms with Gasteiger partial charge in [-0.25, -0.2) is 0 Å². The summed E-state index contributed by atoms with van der Waals surface area (Å²) in [4.78, 5) is 11.0. The second-order valence-electron chi connectivity index (χ2n) is 3.70. The van der Waals surface area contributed by atoms with E-state index in [1.807, 2.05) is 44.2 Å². The minimum atomic E-state index is -0.724. The molecule has 0 fully saturated rings. The van der Waals surface area contributed by atoms with Crippen LogP contribution in [0.25, 0.3) is 0 Å². The van der Waals surface area contributed by atoms with Crippen molar-refractivity contribution in [3.63, 3.8) is 0 Å². The number of carboxylic acid groups (broad SMARTS) is 1. The van der Waals surface area contributed by atoms with Gasteiger partial charge in [-0.1, -0.05) is 44.2 Å². The Balaban J connectivity index is 2.63. The Morgan fingerprint density at radius 3 is 2.40 bits per heavy atom. The van der Waals surface area contributed by atoms with Gasteiger partial charge in [0.1, 0.15) is 5.25 Å². The summed E-state index contributed by atoms with van der Waals surface area (Å²) in [7, 11) is 0. The van der Waals surface area contributed by atoms with Crippen LogP contribution in [0.5, 0.6) is 0 Å². The Kier molecular flexibility index (Phi) is 4.69. The summed E-state index contributed by atoms with van der Waals surface area (Å²) >= 11 is 1.50. The molecular weight excluding hydrogens is 208 g/mol. The summed E-state index contributed by atoms with van der Waals surface area (Å²) in [5.41, 5.74) is 1.08. The van der Waals surface area contributed by atoms with Gasteiger partial charge in [-0.3, -0.25) is 4.79 Å². The van der Waals surface area contributed by atoms with Crippen LogP contribution in [0.1, 0.15) is 19.4 Å². The highest BCUT2D eigenvalue weighted by Crippen LogP contribution is 2.21. The molecular formula is C12H16O2S. The highest BCUT2D eigenvalue weighted by Gasteiger charge is 2.19. The zero-order valence-electron chi connectivity index (χ0n) is 9.01. The number of thioether (sulfide) groups is 1. The summed E-state index contributed by atoms with van der Waals surface area (Å²) in [5.74, 6) is -0.724. The van der Waals surface area contributed by atoms with Crippen LogP contribution < -0.4 is 0 Å². The monoisotopic (exact) mass is 224 g/mol. The second kappa shape index (κ2) is 5.81. The Bertz CT molecular complexity index is 309. The van der Waals surface area contributed by atoms with E-state index in [2.05, 4.69) is 0 Å². The van der Waals surface area contributed by atoms with Crippen LogP contribution in [0.15, 0.2) is 30.3 Å². The lowest BCUT2D eigenvalue weighted by molar-refractivity contribution is -0.136. The molecule has 0 spiro atoms. The maximum atomic E-state index is 11.0. The fourth-order valence-corrected chi connectivity index (χ4v) is 2.41. The Hall–Kier alpha value is -0.960. The summed E-state index contributed by atoms with van der Waals surface area (Å²) in [6, 6.07) is 9.76. The molecule has 3 heteroatoms. The summed E-state index contributed by atoms with van der Waals surface area (Å²) in [6.07, 6.45) is 0.596. The third kappa shape index (κ3) is 4.38. The van der Waals surface area contributed by atoms with E-state index in [4.69, 9.17) is 5.11 Å². The first-order valence-electron chi connectivity index (χ1n) is 5.01. The molecule has 1 atom stereocenters. The topological polar surface area (TPSA) is 37.3 Å². The highest BCUT2D eigenvalue weighted by molar-refractivity contribution is 8.01. The summed E-state index contributed by atoms with van der Waals surface area (Å²) in [6.45, 7) is 4.04. The standard InChI is InChI=1S/C12H16O2S/c1-9(2)15-11(12(13)14)8-10-6-4-3-5-7-10/h3-7,9,11H,8H2,1-2H3,(H,13,14). The van der Waals surface area contributed by atoms with Gasteiger partial charge in [0, 0.05) is 0 Å². The van der Waals surface area contributed by atoms with E-state index in [1.54, 1.807) is 0 Å². The zero-order valence-corrected chi connectivity index (χ0v) is 9.83. The number of carbonyl (C=O) groups is 1. The average molecular weight is 224 g/mol. The van der Waals surface area contributed by atoms with Crippen molar-refractivity contribution in [1.82, 2.24) is 0 Å². The van der Waals surface area contributed by atoms with Gasteiger partial charge in [-0.05, 0) is 17.2 Å². The number of hydrogen-bond acceptors (Lipinski definition) is 2. The van der Waals surface area contributed by atoms with E-state index in [0.29, 0.717) is 11.7 Å². The molecule has 1 aromatic carbocycles. The quantitative estimate of drug-likeness (QED) is 0.835. The lowest BCUT2D eigenvalue weighted by atomic mass is 10.1. The molecule has 0 heterocycles. The van der Waals surface area contributed by atoms with Crippen molar-refractivity contribution >= 4 is 17.7 Å². The van der Waals surface area contributed by atoms with Gasteiger partial charge in [0.2, 0.25) is 0 Å². The fraction of sp³-hybridized carbons (Fsp3) is 0.417. The Morgan fingerprint density at radius 2 is 1.93 bits per heavy atom. The minimum Gasteiger partial charge on any atom is -0.480 e. The van der Waals surface area contributed by atoms with Crippen LogP contribution >= 0.6 is 11.8 Å². The van der Waals surface area contributed by atoms with Crippen molar-refractivity contribution < 1.29 is 9.90 Å². The van der Waals surface area contributed by atoms with Crippen molar-refractivity contribution in [3.05, 3.63) is 35.9 Å². The van der Waals surface area contributed by atoms with Crippen molar-refractivity contribution in [2.75, 3.05) is 0 Å². The fourth-order valence-electron chi connectivity index (χ4n) is 1.35. The van der Waals surface area contributed by atoms with Gasteiger partial charge in [0.25, 0.3) is 0 Å². The predicted octanol–water partition coefficient (Wildman–Crippen LogP) is 2.82. The van der Waals surface area contributed by atoms with E-state index >= 15 is 0 Å². The summed E-state index contributed by atoms with van der Waals surface area (Å²) in [5, 5.41) is 9.06. The van der Waals surface area contributed by atoms with Gasteiger partial charge in [-0.15, -0.1) is 11.8 Å². The van der Waals surface area contributed by atoms with Crippen LogP contribution in [0.4, 0.5) is 0 Å². The Morgan fingerprint density at radius 1 is 1.33 bits per heavy atom. The first kappa shape index (κ1) is 12.1. The first-order chi connectivity index (χ1) is 7.09. The molecule has 1 aromatic rings. The molecule has 1 unspecified atom stereocenters. The molecule has 0 aliphatic carbocycles. The number of aliphatic carboxylic acids is 1. The smallest absolute Gasteiger partial charge is 0.316 e. The largest absolute Gasteiger partial charge is 0.480 e. The molecule has 15 heavy (non-hydrogen) atoms. The molecule has 82 valence electrons. The third-order valence-corrected chi connectivity index (χ3v) is 3.22. The van der Waals surface area contributed by atoms with Gasteiger partial charge < -0.3 is 5.11 Å². The summed E-state index contributed by atoms with van der Waals surface area (Å²) < 4.78 is 0. The Labute approximate surface area is 94.7 Å². The van der Waals surface area contributed by atoms with Crippen LogP contribution in [0.2, 0.25) is 0 Å². The van der Waals surface area contributed by atoms with Gasteiger partial charge >= 0.3 is 5.97 Å². The van der Waals surface area contributed by atoms with E-state index in [-0.39, 0.29) is 5.25 Å². The van der Waals surface area contributed by atoms with Gasteiger partial charge in [0.15, 0.2) is 0 Å². The number of benzene rings is 1. The van der Waals surface area contributed by atoms with Gasteiger partial charge in [-0.2, -0.15) is 0 Å². The molecule has 0 aliphatic rings. The first-order valence-corrected chi connectivity index (χ1v) is 5.96. The SMILES string of the molecule is CC(C)SC(Cc1ccccc1)C(=O)O. The van der Waals surface area contributed by atoms with E-state index in [0.717, 1.165) is 5.56 Å². The van der Waals surface area contributed by atoms with Crippen molar-refractivity contribution in [3.8, 4) is 0 Å². The molecule has 0 saturated carbocycles. The molecule has 0 aliphatic heterocycles. The molecule has 1 rings (SSSR count). The van der Waals surface area contributed by atoms with E-state index in [9.17, 15) is 4.79 Å². The van der Waals surface area contributed by atoms with Crippen LogP contribution in [-0.2, 0) is 11.2 Å². The predicted molar refractivity (Wildman–Crippen MR) is 64.3 cm³/mol. The van der Waals surface area contributed by atoms with Crippen molar-refractivity contribution in [2.45, 2.75) is 30.8 Å². The molecule has 0 aromatic heterocycles.